The maximum Gasteiger partial charge on any atom is 0.433 e. The molecule has 0 bridgehead atoms. The van der Waals surface area contributed by atoms with Gasteiger partial charge in [0, 0.05) is 30.5 Å². The van der Waals surface area contributed by atoms with Crippen molar-refractivity contribution in [3.8, 4) is 11.3 Å². The van der Waals surface area contributed by atoms with Crippen LogP contribution in [0.3, 0.4) is 0 Å². The molecule has 186 valence electrons. The largest absolute Gasteiger partial charge is 0.433 e. The molecule has 2 atom stereocenters. The van der Waals surface area contributed by atoms with E-state index in [1.165, 1.54) is 36.6 Å². The Morgan fingerprint density at radius 2 is 1.74 bits per heavy atom. The fraction of sp³-hybridized carbons (Fsp3) is 0.250. The van der Waals surface area contributed by atoms with Gasteiger partial charge in [-0.25, -0.2) is 22.7 Å². The normalized spacial score (nSPS) is 13.3. The smallest absolute Gasteiger partial charge is 0.351 e. The molecule has 1 heterocycles. The van der Waals surface area contributed by atoms with E-state index in [1.807, 2.05) is 0 Å². The van der Waals surface area contributed by atoms with Crippen LogP contribution in [0.5, 0.6) is 0 Å². The average molecular weight is 512 g/mol. The molecule has 0 saturated carbocycles. The lowest BCUT2D eigenvalue weighted by Gasteiger charge is -2.16. The first-order chi connectivity index (χ1) is 16.5. The number of nitrogens with zero attached hydrogens (tertiary/aromatic N) is 1. The fourth-order valence-electron chi connectivity index (χ4n) is 3.32. The predicted octanol–water partition coefficient (Wildman–Crippen LogP) is 4.85. The number of amides is 1. The van der Waals surface area contributed by atoms with E-state index < -0.39 is 46.3 Å². The van der Waals surface area contributed by atoms with Crippen molar-refractivity contribution in [3.05, 3.63) is 88.6 Å². The molecule has 3 aromatic rings. The summed E-state index contributed by atoms with van der Waals surface area (Å²) in [5.41, 5.74) is -0.193. The van der Waals surface area contributed by atoms with Gasteiger partial charge in [-0.15, -0.1) is 0 Å². The highest BCUT2D eigenvalue weighted by atomic mass is 32.2. The van der Waals surface area contributed by atoms with Gasteiger partial charge in [0.05, 0.1) is 22.6 Å². The Morgan fingerprint density at radius 1 is 1.03 bits per heavy atom. The number of alkyl halides is 3. The monoisotopic (exact) mass is 511 g/mol. The van der Waals surface area contributed by atoms with Gasteiger partial charge in [-0.2, -0.15) is 13.2 Å². The number of aromatic nitrogens is 1. The van der Waals surface area contributed by atoms with Crippen LogP contribution in [0.4, 0.5) is 22.0 Å². The van der Waals surface area contributed by atoms with Crippen molar-refractivity contribution in [3.63, 3.8) is 0 Å². The average Bonchev–Trinajstić information content (AvgIpc) is 2.80. The van der Waals surface area contributed by atoms with Crippen molar-refractivity contribution in [2.45, 2.75) is 32.1 Å². The quantitative estimate of drug-likeness (QED) is 0.425. The minimum atomic E-state index is -4.70. The van der Waals surface area contributed by atoms with Crippen LogP contribution in [0.25, 0.3) is 11.3 Å². The first-order valence-corrected chi connectivity index (χ1v) is 12.0. The summed E-state index contributed by atoms with van der Waals surface area (Å²) in [6.45, 7) is 1.44. The Kier molecular flexibility index (Phi) is 8.34. The summed E-state index contributed by atoms with van der Waals surface area (Å²) in [6, 6.07) is 11.2. The van der Waals surface area contributed by atoms with Gasteiger partial charge in [-0.3, -0.25) is 4.79 Å². The third-order valence-corrected chi connectivity index (χ3v) is 5.81. The number of nitrogens with one attached hydrogen (secondary N) is 2. The fourth-order valence-corrected chi connectivity index (χ4v) is 3.68. The zero-order valence-electron chi connectivity index (χ0n) is 18.7. The van der Waals surface area contributed by atoms with Crippen molar-refractivity contribution >= 4 is 16.9 Å². The summed E-state index contributed by atoms with van der Waals surface area (Å²) >= 11 is 0. The third-order valence-electron chi connectivity index (χ3n) is 5.26. The molecule has 0 aliphatic carbocycles. The summed E-state index contributed by atoms with van der Waals surface area (Å²) < 4.78 is 81.4. The second kappa shape index (κ2) is 11.0. The number of carbonyl (C=O) groups is 1. The van der Waals surface area contributed by atoms with Gasteiger partial charge in [0.25, 0.3) is 0 Å². The number of rotatable bonds is 8. The van der Waals surface area contributed by atoms with Gasteiger partial charge in [-0.05, 0) is 42.3 Å². The number of carbonyl (C=O) groups excluding carboxylic acids is 1. The molecule has 35 heavy (non-hydrogen) atoms. The molecule has 2 aromatic carbocycles. The molecule has 0 aliphatic rings. The van der Waals surface area contributed by atoms with Gasteiger partial charge in [0.2, 0.25) is 5.91 Å². The molecule has 0 saturated heterocycles. The van der Waals surface area contributed by atoms with Crippen LogP contribution in [0.1, 0.15) is 35.2 Å². The molecule has 11 heteroatoms. The highest BCUT2D eigenvalue weighted by molar-refractivity contribution is 7.82. The van der Waals surface area contributed by atoms with Gasteiger partial charge >= 0.3 is 6.18 Å². The van der Waals surface area contributed by atoms with E-state index in [0.717, 1.165) is 18.2 Å². The maximum atomic E-state index is 14.4. The second-order valence-corrected chi connectivity index (χ2v) is 8.97. The van der Waals surface area contributed by atoms with Crippen LogP contribution in [0.15, 0.2) is 54.6 Å². The van der Waals surface area contributed by atoms with Crippen molar-refractivity contribution in [1.29, 1.82) is 0 Å². The van der Waals surface area contributed by atoms with Crippen molar-refractivity contribution in [2.75, 3.05) is 6.26 Å². The van der Waals surface area contributed by atoms with E-state index in [9.17, 15) is 31.0 Å². The van der Waals surface area contributed by atoms with E-state index in [0.29, 0.717) is 5.56 Å². The molecule has 2 unspecified atom stereocenters. The molecular formula is C24H22F5N3O2S. The first kappa shape index (κ1) is 26.4. The van der Waals surface area contributed by atoms with Crippen molar-refractivity contribution in [1.82, 2.24) is 15.0 Å². The molecule has 5 nitrogen and oxygen atoms in total. The number of hydrogen-bond donors (Lipinski definition) is 2. The van der Waals surface area contributed by atoms with Gasteiger partial charge in [0.1, 0.15) is 17.3 Å². The van der Waals surface area contributed by atoms with Crippen LogP contribution in [0, 0.1) is 11.6 Å². The molecule has 3 rings (SSSR count). The molecule has 1 aromatic heterocycles. The maximum absolute atomic E-state index is 14.4. The summed E-state index contributed by atoms with van der Waals surface area (Å²) in [6.07, 6.45) is -3.28. The predicted molar refractivity (Wildman–Crippen MR) is 122 cm³/mol. The lowest BCUT2D eigenvalue weighted by Crippen LogP contribution is -2.28. The highest BCUT2D eigenvalue weighted by Gasteiger charge is 2.33. The Morgan fingerprint density at radius 3 is 2.37 bits per heavy atom. The summed E-state index contributed by atoms with van der Waals surface area (Å²) in [5, 5.41) is 2.63. The van der Waals surface area contributed by atoms with Gasteiger partial charge in [0.15, 0.2) is 0 Å². The minimum Gasteiger partial charge on any atom is -0.351 e. The van der Waals surface area contributed by atoms with Crippen LogP contribution in [0.2, 0.25) is 0 Å². The Hall–Kier alpha value is -3.18. The minimum absolute atomic E-state index is 0.0551. The van der Waals surface area contributed by atoms with Crippen LogP contribution >= 0.6 is 0 Å². The number of hydrogen-bond acceptors (Lipinski definition) is 3. The topological polar surface area (TPSA) is 71.1 Å². The lowest BCUT2D eigenvalue weighted by atomic mass is 9.98. The number of benzene rings is 2. The SMILES string of the molecule is CC(C(=O)NCc1ccc(C(F)(F)F)nc1-c1cccc(F)c1)c1ccc(CNS(C)=O)c(F)c1. The standard InChI is InChI=1S/C24H22F5N3O2S/c1-14(15-6-7-17(20(26)11-15)13-31-35(2)34)23(33)30-12-18-8-9-21(24(27,28)29)32-22(18)16-4-3-5-19(25)10-16/h3-11,14,31H,12-13H2,1-2H3,(H,30,33). The Bertz CT molecular complexity index is 1250. The summed E-state index contributed by atoms with van der Waals surface area (Å²) in [5.74, 6) is -2.47. The Labute approximate surface area is 201 Å². The molecule has 0 spiro atoms. The molecule has 1 amide bonds. The lowest BCUT2D eigenvalue weighted by molar-refractivity contribution is -0.141. The summed E-state index contributed by atoms with van der Waals surface area (Å²) in [4.78, 5) is 16.4. The van der Waals surface area contributed by atoms with Crippen LogP contribution in [-0.2, 0) is 35.0 Å². The summed E-state index contributed by atoms with van der Waals surface area (Å²) in [7, 11) is -1.31. The van der Waals surface area contributed by atoms with Gasteiger partial charge < -0.3 is 5.32 Å². The van der Waals surface area contributed by atoms with E-state index in [1.54, 1.807) is 13.0 Å². The molecule has 0 radical (unpaired) electrons. The van der Waals surface area contributed by atoms with E-state index >= 15 is 0 Å². The zero-order valence-corrected chi connectivity index (χ0v) is 19.6. The first-order valence-electron chi connectivity index (χ1n) is 10.4. The molecule has 2 N–H and O–H groups in total. The molecule has 0 aliphatic heterocycles. The van der Waals surface area contributed by atoms with E-state index in [4.69, 9.17) is 0 Å². The third kappa shape index (κ3) is 6.92. The molecular weight excluding hydrogens is 489 g/mol. The molecule has 0 fully saturated rings. The van der Waals surface area contributed by atoms with Crippen molar-refractivity contribution < 1.29 is 31.0 Å². The number of pyridine rings is 1. The van der Waals surface area contributed by atoms with E-state index in [-0.39, 0.29) is 35.5 Å². The van der Waals surface area contributed by atoms with E-state index in [2.05, 4.69) is 15.0 Å². The highest BCUT2D eigenvalue weighted by Crippen LogP contribution is 2.31. The van der Waals surface area contributed by atoms with Crippen molar-refractivity contribution in [2.24, 2.45) is 0 Å². The second-order valence-electron chi connectivity index (χ2n) is 7.78. The van der Waals surface area contributed by atoms with Crippen LogP contribution in [-0.4, -0.2) is 21.4 Å². The number of halogens is 5. The Balaban J connectivity index is 1.79. The van der Waals surface area contributed by atoms with Crippen LogP contribution < -0.4 is 10.0 Å². The zero-order chi connectivity index (χ0) is 25.8. The van der Waals surface area contributed by atoms with Gasteiger partial charge in [-0.1, -0.05) is 30.3 Å².